The van der Waals surface area contributed by atoms with Crippen molar-refractivity contribution in [3.8, 4) is 5.75 Å². The molecule has 0 heterocycles. The number of hydrogen-bond donors (Lipinski definition) is 0. The molecule has 0 bridgehead atoms. The maximum absolute atomic E-state index is 12.6. The van der Waals surface area contributed by atoms with Crippen LogP contribution < -0.4 is 4.74 Å². The number of ether oxygens (including phenoxy) is 1. The zero-order valence-electron chi connectivity index (χ0n) is 8.60. The van der Waals surface area contributed by atoms with Crippen LogP contribution in [0.5, 0.6) is 5.75 Å². The van der Waals surface area contributed by atoms with Crippen LogP contribution in [-0.2, 0) is 10.2 Å². The van der Waals surface area contributed by atoms with Gasteiger partial charge >= 0.3 is 10.2 Å². The lowest BCUT2D eigenvalue weighted by Crippen LogP contribution is -2.09. The predicted molar refractivity (Wildman–Crippen MR) is 55.1 cm³/mol. The lowest BCUT2D eigenvalue weighted by atomic mass is 10.3. The third-order valence-corrected chi connectivity index (χ3v) is 2.82. The van der Waals surface area contributed by atoms with Crippen molar-refractivity contribution in [3.05, 3.63) is 24.3 Å². The van der Waals surface area contributed by atoms with Gasteiger partial charge in [0.15, 0.2) is 0 Å². The van der Waals surface area contributed by atoms with Crippen LogP contribution in [0.4, 0.5) is 3.89 Å². The fraction of sp³-hybridized carbons (Fsp3) is 0.400. The highest BCUT2D eigenvalue weighted by atomic mass is 32.3. The summed E-state index contributed by atoms with van der Waals surface area (Å²) >= 11 is 0. The monoisotopic (exact) mass is 232 g/mol. The molecule has 0 fully saturated rings. The Kier molecular flexibility index (Phi) is 3.68. The van der Waals surface area contributed by atoms with Gasteiger partial charge in [0.25, 0.3) is 0 Å². The van der Waals surface area contributed by atoms with Crippen molar-refractivity contribution in [2.75, 3.05) is 0 Å². The van der Waals surface area contributed by atoms with Crippen molar-refractivity contribution in [3.63, 3.8) is 0 Å². The molecule has 3 nitrogen and oxygen atoms in total. The second-order valence-electron chi connectivity index (χ2n) is 3.25. The zero-order chi connectivity index (χ0) is 11.5. The molecule has 1 rings (SSSR count). The summed E-state index contributed by atoms with van der Waals surface area (Å²) in [6.07, 6.45) is 0.773. The molecule has 15 heavy (non-hydrogen) atoms. The SMILES string of the molecule is CCC(C)Oc1cccc(S(=O)(=O)F)c1. The van der Waals surface area contributed by atoms with Crippen molar-refractivity contribution in [1.29, 1.82) is 0 Å². The second kappa shape index (κ2) is 4.61. The lowest BCUT2D eigenvalue weighted by Gasteiger charge is -2.12. The molecule has 0 aliphatic heterocycles. The summed E-state index contributed by atoms with van der Waals surface area (Å²) < 4.78 is 39.2. The van der Waals surface area contributed by atoms with E-state index in [4.69, 9.17) is 4.74 Å². The molecule has 0 saturated heterocycles. The van der Waals surface area contributed by atoms with E-state index in [2.05, 4.69) is 0 Å². The summed E-state index contributed by atoms with van der Waals surface area (Å²) in [5, 5.41) is 0. The molecular weight excluding hydrogens is 219 g/mol. The van der Waals surface area contributed by atoms with Crippen LogP contribution >= 0.6 is 0 Å². The summed E-state index contributed by atoms with van der Waals surface area (Å²) in [6.45, 7) is 3.80. The predicted octanol–water partition coefficient (Wildman–Crippen LogP) is 2.52. The fourth-order valence-corrected chi connectivity index (χ4v) is 1.51. The standard InChI is InChI=1S/C10H13FO3S/c1-3-8(2)14-9-5-4-6-10(7-9)15(11,12)13/h4-8H,3H2,1-2H3. The van der Waals surface area contributed by atoms with Gasteiger partial charge < -0.3 is 4.74 Å². The molecule has 0 spiro atoms. The Balaban J connectivity index is 2.94. The third kappa shape index (κ3) is 3.51. The molecule has 0 aromatic heterocycles. The van der Waals surface area contributed by atoms with Crippen LogP contribution in [-0.4, -0.2) is 14.5 Å². The molecule has 1 atom stereocenters. The third-order valence-electron chi connectivity index (χ3n) is 2.00. The van der Waals surface area contributed by atoms with Gasteiger partial charge in [0.2, 0.25) is 0 Å². The van der Waals surface area contributed by atoms with Crippen LogP contribution in [0.25, 0.3) is 0 Å². The Morgan fingerprint density at radius 1 is 1.47 bits per heavy atom. The molecule has 0 saturated carbocycles. The lowest BCUT2D eigenvalue weighted by molar-refractivity contribution is 0.217. The first-order valence-electron chi connectivity index (χ1n) is 4.65. The minimum Gasteiger partial charge on any atom is -0.491 e. The van der Waals surface area contributed by atoms with E-state index in [-0.39, 0.29) is 11.0 Å². The Labute approximate surface area is 89.1 Å². The van der Waals surface area contributed by atoms with Gasteiger partial charge in [-0.2, -0.15) is 8.42 Å². The quantitative estimate of drug-likeness (QED) is 0.749. The second-order valence-corrected chi connectivity index (χ2v) is 4.60. The van der Waals surface area contributed by atoms with Gasteiger partial charge in [-0.05, 0) is 25.5 Å². The molecule has 84 valence electrons. The van der Waals surface area contributed by atoms with E-state index < -0.39 is 10.2 Å². The van der Waals surface area contributed by atoms with E-state index in [1.165, 1.54) is 18.2 Å². The first-order valence-corrected chi connectivity index (χ1v) is 6.03. The molecule has 0 aliphatic carbocycles. The van der Waals surface area contributed by atoms with Gasteiger partial charge in [0, 0.05) is 6.07 Å². The Morgan fingerprint density at radius 2 is 2.13 bits per heavy atom. The molecular formula is C10H13FO3S. The minimum absolute atomic E-state index is 0.0254. The first-order chi connectivity index (χ1) is 6.93. The zero-order valence-corrected chi connectivity index (χ0v) is 9.42. The molecule has 1 unspecified atom stereocenters. The average molecular weight is 232 g/mol. The molecule has 1 aromatic rings. The van der Waals surface area contributed by atoms with Crippen molar-refractivity contribution in [1.82, 2.24) is 0 Å². The van der Waals surface area contributed by atoms with Crippen LogP contribution in [0, 0.1) is 0 Å². The van der Waals surface area contributed by atoms with Gasteiger partial charge in [-0.25, -0.2) is 0 Å². The van der Waals surface area contributed by atoms with E-state index >= 15 is 0 Å². The first kappa shape index (κ1) is 12.0. The summed E-state index contributed by atoms with van der Waals surface area (Å²) in [6, 6.07) is 5.42. The van der Waals surface area contributed by atoms with Crippen molar-refractivity contribution in [2.24, 2.45) is 0 Å². The molecule has 0 aliphatic rings. The Morgan fingerprint density at radius 3 is 2.67 bits per heavy atom. The maximum atomic E-state index is 12.6. The van der Waals surface area contributed by atoms with E-state index in [1.807, 2.05) is 13.8 Å². The molecule has 0 amide bonds. The largest absolute Gasteiger partial charge is 0.491 e. The average Bonchev–Trinajstić information content (AvgIpc) is 2.17. The summed E-state index contributed by atoms with van der Waals surface area (Å²) in [7, 11) is -4.65. The number of hydrogen-bond acceptors (Lipinski definition) is 3. The van der Waals surface area contributed by atoms with E-state index in [9.17, 15) is 12.3 Å². The van der Waals surface area contributed by atoms with E-state index in [1.54, 1.807) is 6.07 Å². The summed E-state index contributed by atoms with van der Waals surface area (Å²) in [5.74, 6) is 0.364. The minimum atomic E-state index is -4.65. The van der Waals surface area contributed by atoms with Crippen molar-refractivity contribution in [2.45, 2.75) is 31.3 Å². The van der Waals surface area contributed by atoms with Crippen LogP contribution in [0.2, 0.25) is 0 Å². The number of halogens is 1. The number of rotatable bonds is 4. The van der Waals surface area contributed by atoms with Gasteiger partial charge in [-0.1, -0.05) is 13.0 Å². The number of benzene rings is 1. The highest BCUT2D eigenvalue weighted by Crippen LogP contribution is 2.20. The van der Waals surface area contributed by atoms with Crippen LogP contribution in [0.15, 0.2) is 29.2 Å². The van der Waals surface area contributed by atoms with Crippen molar-refractivity contribution < 1.29 is 17.0 Å². The molecule has 0 radical (unpaired) electrons. The van der Waals surface area contributed by atoms with Crippen LogP contribution in [0.1, 0.15) is 20.3 Å². The van der Waals surface area contributed by atoms with Gasteiger partial charge in [-0.15, -0.1) is 3.89 Å². The van der Waals surface area contributed by atoms with Gasteiger partial charge in [-0.3, -0.25) is 0 Å². The van der Waals surface area contributed by atoms with Gasteiger partial charge in [0.1, 0.15) is 10.6 Å². The van der Waals surface area contributed by atoms with Crippen molar-refractivity contribution >= 4 is 10.2 Å². The Hall–Kier alpha value is -1.10. The maximum Gasteiger partial charge on any atom is 0.332 e. The smallest absolute Gasteiger partial charge is 0.332 e. The summed E-state index contributed by atoms with van der Waals surface area (Å²) in [5.41, 5.74) is 0. The van der Waals surface area contributed by atoms with Crippen LogP contribution in [0.3, 0.4) is 0 Å². The summed E-state index contributed by atoms with van der Waals surface area (Å²) in [4.78, 5) is -0.372. The normalized spacial score (nSPS) is 13.5. The fourth-order valence-electron chi connectivity index (χ4n) is 1.01. The molecule has 0 N–H and O–H groups in total. The topological polar surface area (TPSA) is 43.4 Å². The highest BCUT2D eigenvalue weighted by molar-refractivity contribution is 7.86. The molecule has 5 heteroatoms. The van der Waals surface area contributed by atoms with Gasteiger partial charge in [0.05, 0.1) is 6.10 Å². The molecule has 1 aromatic carbocycles. The van der Waals surface area contributed by atoms with E-state index in [0.717, 1.165) is 6.42 Å². The van der Waals surface area contributed by atoms with E-state index in [0.29, 0.717) is 5.75 Å². The highest BCUT2D eigenvalue weighted by Gasteiger charge is 2.12. The Bertz CT molecular complexity index is 428.